The van der Waals surface area contributed by atoms with Crippen LogP contribution in [0.15, 0.2) is 47.8 Å². The molecule has 0 aliphatic rings. The number of benzene rings is 1. The van der Waals surface area contributed by atoms with Crippen LogP contribution in [-0.4, -0.2) is 16.7 Å². The van der Waals surface area contributed by atoms with Gasteiger partial charge in [-0.25, -0.2) is 0 Å². The predicted molar refractivity (Wildman–Crippen MR) is 74.3 cm³/mol. The van der Waals surface area contributed by atoms with E-state index in [0.717, 1.165) is 5.56 Å². The van der Waals surface area contributed by atoms with Gasteiger partial charge < -0.3 is 0 Å². The monoisotopic (exact) mass is 275 g/mol. The molecule has 2 aromatic rings. The van der Waals surface area contributed by atoms with Gasteiger partial charge in [0.1, 0.15) is 0 Å². The first-order valence-electron chi connectivity index (χ1n) is 5.87. The van der Waals surface area contributed by atoms with Crippen molar-refractivity contribution >= 4 is 17.1 Å². The Morgan fingerprint density at radius 1 is 1.21 bits per heavy atom. The number of carbonyl (C=O) groups excluding carboxylic acids is 1. The molecule has 1 heterocycles. The van der Waals surface area contributed by atoms with Crippen molar-refractivity contribution in [1.29, 1.82) is 0 Å². The van der Waals surface area contributed by atoms with E-state index in [2.05, 4.69) is 0 Å². The Morgan fingerprint density at radius 2 is 1.89 bits per heavy atom. The lowest BCUT2D eigenvalue weighted by Gasteiger charge is -2.15. The molecule has 0 radical (unpaired) electrons. The van der Waals surface area contributed by atoms with Gasteiger partial charge in [-0.3, -0.25) is 14.9 Å². The number of thiophene rings is 1. The number of carbonyl (C=O) groups is 1. The van der Waals surface area contributed by atoms with Crippen molar-refractivity contribution in [1.82, 2.24) is 0 Å². The van der Waals surface area contributed by atoms with Crippen LogP contribution in [-0.2, 0) is 0 Å². The van der Waals surface area contributed by atoms with E-state index in [1.54, 1.807) is 24.4 Å². The molecule has 0 N–H and O–H groups in total. The molecule has 98 valence electrons. The molecule has 4 nitrogen and oxygen atoms in total. The number of hydrogen-bond donors (Lipinski definition) is 0. The van der Waals surface area contributed by atoms with Crippen molar-refractivity contribution in [2.45, 2.75) is 18.9 Å². The molecule has 0 aliphatic heterocycles. The number of ketones is 1. The molecular formula is C14H13NO3S. The third-order valence-electron chi connectivity index (χ3n) is 3.06. The Labute approximate surface area is 114 Å². The second kappa shape index (κ2) is 5.75. The van der Waals surface area contributed by atoms with Crippen LogP contribution >= 0.6 is 11.3 Å². The number of rotatable bonds is 5. The Kier molecular flexibility index (Phi) is 4.06. The van der Waals surface area contributed by atoms with Crippen LogP contribution in [0.2, 0.25) is 0 Å². The highest BCUT2D eigenvalue weighted by Crippen LogP contribution is 2.25. The van der Waals surface area contributed by atoms with E-state index in [-0.39, 0.29) is 0 Å². The van der Waals surface area contributed by atoms with Crippen molar-refractivity contribution < 1.29 is 9.72 Å². The topological polar surface area (TPSA) is 60.2 Å². The first-order chi connectivity index (χ1) is 9.11. The van der Waals surface area contributed by atoms with Crippen LogP contribution in [0.3, 0.4) is 0 Å². The van der Waals surface area contributed by atoms with Gasteiger partial charge in [0.25, 0.3) is 6.04 Å². The van der Waals surface area contributed by atoms with Gasteiger partial charge in [-0.2, -0.15) is 0 Å². The van der Waals surface area contributed by atoms with Gasteiger partial charge in [-0.05, 0) is 17.0 Å². The van der Waals surface area contributed by atoms with Crippen LogP contribution < -0.4 is 0 Å². The zero-order chi connectivity index (χ0) is 13.8. The third kappa shape index (κ3) is 2.88. The lowest BCUT2D eigenvalue weighted by atomic mass is 9.90. The van der Waals surface area contributed by atoms with Crippen LogP contribution in [0, 0.1) is 10.1 Å². The van der Waals surface area contributed by atoms with Crippen LogP contribution in [0.25, 0.3) is 0 Å². The normalized spacial score (nSPS) is 13.7. The first-order valence-corrected chi connectivity index (χ1v) is 6.75. The minimum Gasteiger partial charge on any atom is -0.285 e. The summed E-state index contributed by atoms with van der Waals surface area (Å²) >= 11 is 1.24. The summed E-state index contributed by atoms with van der Waals surface area (Å²) in [6.45, 7) is 1.72. The Hall–Kier alpha value is -2.01. The maximum Gasteiger partial charge on any atom is 0.282 e. The minimum absolute atomic E-state index is 0.420. The highest BCUT2D eigenvalue weighted by atomic mass is 32.1. The smallest absolute Gasteiger partial charge is 0.282 e. The van der Waals surface area contributed by atoms with E-state index in [4.69, 9.17) is 0 Å². The fraction of sp³-hybridized carbons (Fsp3) is 0.214. The molecule has 0 aliphatic carbocycles. The predicted octanol–water partition coefficient (Wildman–Crippen LogP) is 3.38. The molecule has 2 rings (SSSR count). The molecule has 0 bridgehead atoms. The molecule has 0 spiro atoms. The highest BCUT2D eigenvalue weighted by molar-refractivity contribution is 7.12. The first kappa shape index (κ1) is 13.4. The summed E-state index contributed by atoms with van der Waals surface area (Å²) in [6, 6.07) is 11.2. The molecule has 1 aromatic carbocycles. The van der Waals surface area contributed by atoms with E-state index in [1.165, 1.54) is 11.3 Å². The Bertz CT molecular complexity index is 566. The van der Waals surface area contributed by atoms with Crippen molar-refractivity contribution in [3.63, 3.8) is 0 Å². The van der Waals surface area contributed by atoms with Gasteiger partial charge in [-0.15, -0.1) is 11.3 Å². The third-order valence-corrected chi connectivity index (χ3v) is 3.94. The molecule has 0 amide bonds. The second-order valence-corrected chi connectivity index (χ2v) is 5.22. The fourth-order valence-corrected chi connectivity index (χ4v) is 2.71. The van der Waals surface area contributed by atoms with Crippen molar-refractivity contribution in [3.05, 3.63) is 68.4 Å². The zero-order valence-corrected chi connectivity index (χ0v) is 11.2. The van der Waals surface area contributed by atoms with Crippen LogP contribution in [0.1, 0.15) is 28.1 Å². The van der Waals surface area contributed by atoms with Gasteiger partial charge in [-0.1, -0.05) is 43.3 Å². The molecule has 1 aromatic heterocycles. The maximum absolute atomic E-state index is 12.2. The number of nitro groups is 1. The van der Waals surface area contributed by atoms with Gasteiger partial charge >= 0.3 is 0 Å². The van der Waals surface area contributed by atoms with E-state index in [0.29, 0.717) is 4.88 Å². The zero-order valence-electron chi connectivity index (χ0n) is 10.4. The second-order valence-electron chi connectivity index (χ2n) is 4.27. The quantitative estimate of drug-likeness (QED) is 0.477. The standard InChI is InChI=1S/C14H13NO3S/c1-10(11-6-3-2-4-7-11)13(15(17)18)14(16)12-8-5-9-19-12/h2-10,13H,1H3. The summed E-state index contributed by atoms with van der Waals surface area (Å²) in [7, 11) is 0. The van der Waals surface area contributed by atoms with Crippen LogP contribution in [0.4, 0.5) is 0 Å². The summed E-state index contributed by atoms with van der Waals surface area (Å²) in [5, 5.41) is 13.0. The molecule has 0 fully saturated rings. The van der Waals surface area contributed by atoms with Crippen molar-refractivity contribution in [3.8, 4) is 0 Å². The van der Waals surface area contributed by atoms with Gasteiger partial charge in [0, 0.05) is 4.92 Å². The number of nitrogens with zero attached hydrogens (tertiary/aromatic N) is 1. The maximum atomic E-state index is 12.2. The highest BCUT2D eigenvalue weighted by Gasteiger charge is 2.37. The Morgan fingerprint density at radius 3 is 2.42 bits per heavy atom. The van der Waals surface area contributed by atoms with E-state index >= 15 is 0 Å². The van der Waals surface area contributed by atoms with Crippen LogP contribution in [0.5, 0.6) is 0 Å². The molecule has 2 unspecified atom stereocenters. The Balaban J connectivity index is 2.31. The lowest BCUT2D eigenvalue weighted by molar-refractivity contribution is -0.508. The van der Waals surface area contributed by atoms with Crippen molar-refractivity contribution in [2.75, 3.05) is 0 Å². The van der Waals surface area contributed by atoms with E-state index < -0.39 is 22.7 Å². The number of hydrogen-bond acceptors (Lipinski definition) is 4. The van der Waals surface area contributed by atoms with Gasteiger partial charge in [0.2, 0.25) is 5.78 Å². The molecule has 5 heteroatoms. The van der Waals surface area contributed by atoms with Crippen molar-refractivity contribution in [2.24, 2.45) is 0 Å². The van der Waals surface area contributed by atoms with Gasteiger partial charge in [0.05, 0.1) is 10.8 Å². The molecule has 2 atom stereocenters. The SMILES string of the molecule is CC(c1ccccc1)C(C(=O)c1cccs1)[N+](=O)[O-]. The number of Topliss-reactive ketones (excluding diaryl/α,β-unsaturated/α-hetero) is 1. The minimum atomic E-state index is -1.24. The van der Waals surface area contributed by atoms with E-state index in [1.807, 2.05) is 30.3 Å². The summed E-state index contributed by atoms with van der Waals surface area (Å²) in [5.74, 6) is -0.873. The summed E-state index contributed by atoms with van der Waals surface area (Å²) in [4.78, 5) is 23.4. The largest absolute Gasteiger partial charge is 0.285 e. The lowest BCUT2D eigenvalue weighted by Crippen LogP contribution is -2.34. The summed E-state index contributed by atoms with van der Waals surface area (Å²) in [6.07, 6.45) is 0. The van der Waals surface area contributed by atoms with Gasteiger partial charge in [0.15, 0.2) is 0 Å². The molecule has 19 heavy (non-hydrogen) atoms. The molecule has 0 saturated heterocycles. The average molecular weight is 275 g/mol. The summed E-state index contributed by atoms with van der Waals surface area (Å²) < 4.78 is 0. The molecule has 0 saturated carbocycles. The summed E-state index contributed by atoms with van der Waals surface area (Å²) in [5.41, 5.74) is 0.800. The van der Waals surface area contributed by atoms with E-state index in [9.17, 15) is 14.9 Å². The fourth-order valence-electron chi connectivity index (χ4n) is 2.01. The molecular weight excluding hydrogens is 262 g/mol. The average Bonchev–Trinajstić information content (AvgIpc) is 2.93.